The number of hydrogen-bond acceptors (Lipinski definition) is 3. The highest BCUT2D eigenvalue weighted by atomic mass is 79.9. The Hall–Kier alpha value is -2.46. The van der Waals surface area contributed by atoms with Crippen molar-refractivity contribution in [3.63, 3.8) is 0 Å². The molecule has 0 aromatic heterocycles. The Labute approximate surface area is 156 Å². The number of hydrogen-bond donors (Lipinski definition) is 1. The van der Waals surface area contributed by atoms with Gasteiger partial charge in [0, 0.05) is 12.2 Å². The van der Waals surface area contributed by atoms with E-state index < -0.39 is 0 Å². The molecule has 0 atom stereocenters. The smallest absolute Gasteiger partial charge is 0.134 e. The third kappa shape index (κ3) is 5.00. The van der Waals surface area contributed by atoms with Crippen molar-refractivity contribution in [2.75, 3.05) is 12.4 Å². The Morgan fingerprint density at radius 1 is 0.880 bits per heavy atom. The summed E-state index contributed by atoms with van der Waals surface area (Å²) >= 11 is 3.60. The van der Waals surface area contributed by atoms with Crippen molar-refractivity contribution < 1.29 is 9.47 Å². The van der Waals surface area contributed by atoms with E-state index in [9.17, 15) is 0 Å². The second-order valence-electron chi connectivity index (χ2n) is 5.62. The van der Waals surface area contributed by atoms with Gasteiger partial charge in [0.15, 0.2) is 0 Å². The van der Waals surface area contributed by atoms with Gasteiger partial charge in [-0.15, -0.1) is 0 Å². The molecule has 0 unspecified atom stereocenters. The molecule has 3 aromatic rings. The molecule has 128 valence electrons. The zero-order valence-electron chi connectivity index (χ0n) is 14.0. The van der Waals surface area contributed by atoms with E-state index in [0.717, 1.165) is 33.8 Å². The van der Waals surface area contributed by atoms with Crippen molar-refractivity contribution in [3.8, 4) is 11.5 Å². The molecule has 3 nitrogen and oxygen atoms in total. The van der Waals surface area contributed by atoms with Gasteiger partial charge < -0.3 is 14.8 Å². The third-order valence-electron chi connectivity index (χ3n) is 3.82. The summed E-state index contributed by atoms with van der Waals surface area (Å²) in [5.74, 6) is 1.70. The van der Waals surface area contributed by atoms with Crippen molar-refractivity contribution in [1.82, 2.24) is 0 Å². The number of ether oxygens (including phenoxy) is 2. The minimum Gasteiger partial charge on any atom is -0.497 e. The first-order chi connectivity index (χ1) is 12.2. The van der Waals surface area contributed by atoms with Crippen LogP contribution in [0.2, 0.25) is 0 Å². The largest absolute Gasteiger partial charge is 0.497 e. The van der Waals surface area contributed by atoms with Crippen molar-refractivity contribution >= 4 is 21.6 Å². The second kappa shape index (κ2) is 8.58. The lowest BCUT2D eigenvalue weighted by atomic mass is 10.2. The molecule has 0 saturated heterocycles. The number of nitrogens with one attached hydrogen (secondary N) is 1. The molecule has 0 aliphatic heterocycles. The lowest BCUT2D eigenvalue weighted by Gasteiger charge is -2.11. The number of rotatable bonds is 7. The van der Waals surface area contributed by atoms with Gasteiger partial charge in [-0.3, -0.25) is 0 Å². The van der Waals surface area contributed by atoms with Gasteiger partial charge >= 0.3 is 0 Å². The fourth-order valence-corrected chi connectivity index (χ4v) is 2.96. The number of benzene rings is 3. The molecule has 0 fully saturated rings. The Morgan fingerprint density at radius 2 is 1.64 bits per heavy atom. The van der Waals surface area contributed by atoms with Gasteiger partial charge in [-0.25, -0.2) is 0 Å². The molecule has 0 heterocycles. The molecule has 4 heteroatoms. The Kier molecular flexibility index (Phi) is 5.96. The molecule has 0 bridgehead atoms. The summed E-state index contributed by atoms with van der Waals surface area (Å²) in [6.45, 7) is 1.30. The maximum absolute atomic E-state index is 5.88. The standard InChI is InChI=1S/C21H20BrNO2/c1-24-19-10-8-18(9-11-19)23-14-17-7-12-21(20(22)13-17)25-15-16-5-3-2-4-6-16/h2-13,23H,14-15H2,1H3. The van der Waals surface area contributed by atoms with Crippen LogP contribution in [0, 0.1) is 0 Å². The van der Waals surface area contributed by atoms with Crippen molar-refractivity contribution in [2.45, 2.75) is 13.2 Å². The average Bonchev–Trinajstić information content (AvgIpc) is 2.67. The number of methoxy groups -OCH3 is 1. The molecule has 25 heavy (non-hydrogen) atoms. The van der Waals surface area contributed by atoms with Crippen LogP contribution in [0.5, 0.6) is 11.5 Å². The van der Waals surface area contributed by atoms with Crippen molar-refractivity contribution in [1.29, 1.82) is 0 Å². The van der Waals surface area contributed by atoms with E-state index in [1.165, 1.54) is 5.56 Å². The van der Waals surface area contributed by atoms with E-state index >= 15 is 0 Å². The van der Waals surface area contributed by atoms with Crippen LogP contribution < -0.4 is 14.8 Å². The maximum atomic E-state index is 5.88. The first-order valence-corrected chi connectivity index (χ1v) is 8.87. The van der Waals surface area contributed by atoms with Gasteiger partial charge in [0.25, 0.3) is 0 Å². The van der Waals surface area contributed by atoms with E-state index in [0.29, 0.717) is 6.61 Å². The summed E-state index contributed by atoms with van der Waals surface area (Å²) in [7, 11) is 1.67. The summed E-state index contributed by atoms with van der Waals surface area (Å²) in [5.41, 5.74) is 3.38. The zero-order chi connectivity index (χ0) is 17.5. The van der Waals surface area contributed by atoms with Crippen LogP contribution in [0.3, 0.4) is 0 Å². The van der Waals surface area contributed by atoms with Crippen LogP contribution in [0.1, 0.15) is 11.1 Å². The Balaban J connectivity index is 1.57. The third-order valence-corrected chi connectivity index (χ3v) is 4.44. The first-order valence-electron chi connectivity index (χ1n) is 8.07. The summed E-state index contributed by atoms with van der Waals surface area (Å²) in [6.07, 6.45) is 0. The Bertz CT molecular complexity index is 804. The molecular formula is C21H20BrNO2. The molecule has 0 spiro atoms. The normalized spacial score (nSPS) is 10.3. The molecule has 0 aliphatic rings. The molecule has 1 N–H and O–H groups in total. The first kappa shape index (κ1) is 17.4. The predicted octanol–water partition coefficient (Wildman–Crippen LogP) is 5.65. The average molecular weight is 398 g/mol. The van der Waals surface area contributed by atoms with E-state index in [1.54, 1.807) is 7.11 Å². The molecule has 0 radical (unpaired) electrons. The number of anilines is 1. The predicted molar refractivity (Wildman–Crippen MR) is 105 cm³/mol. The monoisotopic (exact) mass is 397 g/mol. The minimum atomic E-state index is 0.558. The molecule has 0 aliphatic carbocycles. The summed E-state index contributed by atoms with van der Waals surface area (Å²) < 4.78 is 12.0. The molecule has 3 aromatic carbocycles. The lowest BCUT2D eigenvalue weighted by molar-refractivity contribution is 0.304. The summed E-state index contributed by atoms with van der Waals surface area (Å²) in [4.78, 5) is 0. The van der Waals surface area contributed by atoms with Gasteiger partial charge in [0.05, 0.1) is 11.6 Å². The van der Waals surface area contributed by atoms with Crippen LogP contribution >= 0.6 is 15.9 Å². The highest BCUT2D eigenvalue weighted by Crippen LogP contribution is 2.27. The second-order valence-corrected chi connectivity index (χ2v) is 6.48. The maximum Gasteiger partial charge on any atom is 0.134 e. The quantitative estimate of drug-likeness (QED) is 0.558. The highest BCUT2D eigenvalue weighted by molar-refractivity contribution is 9.10. The van der Waals surface area contributed by atoms with Crippen LogP contribution in [-0.2, 0) is 13.2 Å². The topological polar surface area (TPSA) is 30.5 Å². The van der Waals surface area contributed by atoms with Crippen LogP contribution in [0.4, 0.5) is 5.69 Å². The van der Waals surface area contributed by atoms with Gasteiger partial charge in [-0.1, -0.05) is 36.4 Å². The van der Waals surface area contributed by atoms with Crippen molar-refractivity contribution in [3.05, 3.63) is 88.4 Å². The van der Waals surface area contributed by atoms with Gasteiger partial charge in [-0.2, -0.15) is 0 Å². The fraction of sp³-hybridized carbons (Fsp3) is 0.143. The van der Waals surface area contributed by atoms with E-state index in [2.05, 4.69) is 45.5 Å². The van der Waals surface area contributed by atoms with E-state index in [1.807, 2.05) is 48.5 Å². The van der Waals surface area contributed by atoms with Crippen LogP contribution in [0.15, 0.2) is 77.3 Å². The molecule has 3 rings (SSSR count). The van der Waals surface area contributed by atoms with Crippen molar-refractivity contribution in [2.24, 2.45) is 0 Å². The molecular weight excluding hydrogens is 378 g/mol. The van der Waals surface area contributed by atoms with Crippen LogP contribution in [0.25, 0.3) is 0 Å². The zero-order valence-corrected chi connectivity index (χ0v) is 15.6. The summed E-state index contributed by atoms with van der Waals surface area (Å²) in [5, 5.41) is 3.40. The fourth-order valence-electron chi connectivity index (χ4n) is 2.42. The SMILES string of the molecule is COc1ccc(NCc2ccc(OCc3ccccc3)c(Br)c2)cc1. The van der Waals surface area contributed by atoms with Crippen LogP contribution in [-0.4, -0.2) is 7.11 Å². The van der Waals surface area contributed by atoms with Gasteiger partial charge in [0.2, 0.25) is 0 Å². The Morgan fingerprint density at radius 3 is 2.32 bits per heavy atom. The minimum absolute atomic E-state index is 0.558. The van der Waals surface area contributed by atoms with Gasteiger partial charge in [-0.05, 0) is 63.5 Å². The molecule has 0 amide bonds. The van der Waals surface area contributed by atoms with Gasteiger partial charge in [0.1, 0.15) is 18.1 Å². The van der Waals surface area contributed by atoms with E-state index in [-0.39, 0.29) is 0 Å². The highest BCUT2D eigenvalue weighted by Gasteiger charge is 2.04. The lowest BCUT2D eigenvalue weighted by Crippen LogP contribution is -2.00. The van der Waals surface area contributed by atoms with E-state index in [4.69, 9.17) is 9.47 Å². The summed E-state index contributed by atoms with van der Waals surface area (Å²) in [6, 6.07) is 24.2. The number of halogens is 1. The molecule has 0 saturated carbocycles.